The zero-order valence-corrected chi connectivity index (χ0v) is 12.0. The molecule has 19 heavy (non-hydrogen) atoms. The van der Waals surface area contributed by atoms with Crippen molar-refractivity contribution in [3.63, 3.8) is 0 Å². The largest absolute Gasteiger partial charge is 0.501 e. The summed E-state index contributed by atoms with van der Waals surface area (Å²) in [5, 5.41) is 0. The second-order valence-electron chi connectivity index (χ2n) is 3.93. The second-order valence-corrected chi connectivity index (χ2v) is 6.09. The molecule has 0 saturated heterocycles. The standard InChI is InChI=1S/C13H17NO4S/c1-4-18-10-9-13(15)11-5-7-12(8-6-11)19(16,17)14(2)3/h5-10H,4H2,1-3H3. The highest BCUT2D eigenvalue weighted by Crippen LogP contribution is 2.14. The SMILES string of the molecule is CCOC=CC(=O)c1ccc(S(=O)(=O)N(C)C)cc1. The van der Waals surface area contributed by atoms with Crippen LogP contribution in [0.3, 0.4) is 0 Å². The molecule has 0 radical (unpaired) electrons. The smallest absolute Gasteiger partial charge is 0.242 e. The molecule has 0 N–H and O–H groups in total. The van der Waals surface area contributed by atoms with Gasteiger partial charge in [0.15, 0.2) is 5.78 Å². The lowest BCUT2D eigenvalue weighted by Crippen LogP contribution is -2.22. The van der Waals surface area contributed by atoms with Crippen LogP contribution in [0, 0.1) is 0 Å². The molecule has 1 aromatic rings. The van der Waals surface area contributed by atoms with E-state index in [1.54, 1.807) is 0 Å². The van der Waals surface area contributed by atoms with Crippen molar-refractivity contribution in [2.24, 2.45) is 0 Å². The van der Waals surface area contributed by atoms with E-state index in [-0.39, 0.29) is 10.7 Å². The Bertz CT molecular complexity index is 559. The molecule has 1 aromatic carbocycles. The number of ether oxygens (including phenoxy) is 1. The van der Waals surface area contributed by atoms with Crippen LogP contribution in [-0.2, 0) is 14.8 Å². The van der Waals surface area contributed by atoms with Crippen molar-refractivity contribution in [2.45, 2.75) is 11.8 Å². The van der Waals surface area contributed by atoms with Gasteiger partial charge >= 0.3 is 0 Å². The Morgan fingerprint density at radius 2 is 1.84 bits per heavy atom. The predicted octanol–water partition coefficient (Wildman–Crippen LogP) is 1.67. The van der Waals surface area contributed by atoms with E-state index < -0.39 is 10.0 Å². The lowest BCUT2D eigenvalue weighted by molar-refractivity contribution is 0.104. The molecular formula is C13H17NO4S. The fourth-order valence-corrected chi connectivity index (χ4v) is 2.21. The summed E-state index contributed by atoms with van der Waals surface area (Å²) in [6.07, 6.45) is 2.63. The molecule has 0 aliphatic rings. The van der Waals surface area contributed by atoms with Crippen LogP contribution in [0.15, 0.2) is 41.5 Å². The molecule has 0 spiro atoms. The van der Waals surface area contributed by atoms with Gasteiger partial charge in [-0.3, -0.25) is 4.79 Å². The first-order chi connectivity index (χ1) is 8.89. The van der Waals surface area contributed by atoms with Crippen molar-refractivity contribution in [1.29, 1.82) is 0 Å². The molecule has 104 valence electrons. The topological polar surface area (TPSA) is 63.7 Å². The second kappa shape index (κ2) is 6.49. The van der Waals surface area contributed by atoms with Gasteiger partial charge in [0.05, 0.1) is 17.8 Å². The van der Waals surface area contributed by atoms with Crippen LogP contribution in [-0.4, -0.2) is 39.2 Å². The van der Waals surface area contributed by atoms with E-state index in [4.69, 9.17) is 4.74 Å². The predicted molar refractivity (Wildman–Crippen MR) is 72.4 cm³/mol. The monoisotopic (exact) mass is 283 g/mol. The van der Waals surface area contributed by atoms with Crippen molar-refractivity contribution in [1.82, 2.24) is 4.31 Å². The Balaban J connectivity index is 2.91. The number of hydrogen-bond acceptors (Lipinski definition) is 4. The summed E-state index contributed by atoms with van der Waals surface area (Å²) in [7, 11) is -0.546. The Kier molecular flexibility index (Phi) is 5.26. The molecule has 0 amide bonds. The third kappa shape index (κ3) is 3.90. The van der Waals surface area contributed by atoms with Gasteiger partial charge in [-0.1, -0.05) is 0 Å². The molecule has 0 unspecified atom stereocenters. The summed E-state index contributed by atoms with van der Waals surface area (Å²) in [5.41, 5.74) is 0.411. The molecule has 0 aliphatic heterocycles. The third-order valence-electron chi connectivity index (χ3n) is 2.40. The van der Waals surface area contributed by atoms with Crippen LogP contribution in [0.25, 0.3) is 0 Å². The number of rotatable bonds is 6. The Hall–Kier alpha value is -1.66. The number of carbonyl (C=O) groups excluding carboxylic acids is 1. The number of benzene rings is 1. The first-order valence-electron chi connectivity index (χ1n) is 5.74. The minimum atomic E-state index is -3.46. The van der Waals surface area contributed by atoms with E-state index in [9.17, 15) is 13.2 Å². The fraction of sp³-hybridized carbons (Fsp3) is 0.308. The van der Waals surface area contributed by atoms with Gasteiger partial charge in [0, 0.05) is 25.7 Å². The lowest BCUT2D eigenvalue weighted by atomic mass is 10.1. The van der Waals surface area contributed by atoms with E-state index in [2.05, 4.69) is 0 Å². The molecule has 0 aromatic heterocycles. The molecule has 1 rings (SSSR count). The van der Waals surface area contributed by atoms with Crippen molar-refractivity contribution >= 4 is 15.8 Å². The fourth-order valence-electron chi connectivity index (χ4n) is 1.30. The van der Waals surface area contributed by atoms with Crippen LogP contribution in [0.5, 0.6) is 0 Å². The van der Waals surface area contributed by atoms with Gasteiger partial charge < -0.3 is 4.74 Å². The summed E-state index contributed by atoms with van der Waals surface area (Å²) in [4.78, 5) is 11.8. The van der Waals surface area contributed by atoms with Crippen LogP contribution in [0.4, 0.5) is 0 Å². The first-order valence-corrected chi connectivity index (χ1v) is 7.18. The average Bonchev–Trinajstić information content (AvgIpc) is 2.39. The van der Waals surface area contributed by atoms with Gasteiger partial charge in [0.1, 0.15) is 0 Å². The highest BCUT2D eigenvalue weighted by atomic mass is 32.2. The molecule has 0 atom stereocenters. The minimum absolute atomic E-state index is 0.155. The van der Waals surface area contributed by atoms with Crippen molar-refractivity contribution in [3.05, 3.63) is 42.2 Å². The Labute approximate surface area is 113 Å². The average molecular weight is 283 g/mol. The highest BCUT2D eigenvalue weighted by Gasteiger charge is 2.17. The number of carbonyl (C=O) groups is 1. The first kappa shape index (κ1) is 15.4. The van der Waals surface area contributed by atoms with E-state index in [0.717, 1.165) is 4.31 Å². The maximum absolute atomic E-state index is 11.8. The summed E-state index contributed by atoms with van der Waals surface area (Å²) < 4.78 is 29.7. The summed E-state index contributed by atoms with van der Waals surface area (Å²) in [6.45, 7) is 2.31. The third-order valence-corrected chi connectivity index (χ3v) is 4.23. The molecule has 5 nitrogen and oxygen atoms in total. The molecule has 0 heterocycles. The number of allylic oxidation sites excluding steroid dienone is 1. The molecule has 0 saturated carbocycles. The Morgan fingerprint density at radius 3 is 2.32 bits per heavy atom. The van der Waals surface area contributed by atoms with Crippen LogP contribution in [0.1, 0.15) is 17.3 Å². The van der Waals surface area contributed by atoms with Gasteiger partial charge in [-0.2, -0.15) is 0 Å². The lowest BCUT2D eigenvalue weighted by Gasteiger charge is -2.11. The molecular weight excluding hydrogens is 266 g/mol. The van der Waals surface area contributed by atoms with E-state index >= 15 is 0 Å². The van der Waals surface area contributed by atoms with Gasteiger partial charge in [-0.05, 0) is 31.2 Å². The number of sulfonamides is 1. The van der Waals surface area contributed by atoms with Crippen molar-refractivity contribution in [2.75, 3.05) is 20.7 Å². The maximum atomic E-state index is 11.8. The molecule has 0 bridgehead atoms. The minimum Gasteiger partial charge on any atom is -0.501 e. The van der Waals surface area contributed by atoms with E-state index in [1.807, 2.05) is 6.92 Å². The highest BCUT2D eigenvalue weighted by molar-refractivity contribution is 7.89. The van der Waals surface area contributed by atoms with Crippen LogP contribution >= 0.6 is 0 Å². The molecule has 0 aliphatic carbocycles. The van der Waals surface area contributed by atoms with Gasteiger partial charge in [-0.25, -0.2) is 12.7 Å². The quantitative estimate of drug-likeness (QED) is 0.452. The number of hydrogen-bond donors (Lipinski definition) is 0. The molecule has 6 heteroatoms. The van der Waals surface area contributed by atoms with Crippen molar-refractivity contribution in [3.8, 4) is 0 Å². The zero-order chi connectivity index (χ0) is 14.5. The van der Waals surface area contributed by atoms with Crippen LogP contribution in [0.2, 0.25) is 0 Å². The summed E-state index contributed by atoms with van der Waals surface area (Å²) >= 11 is 0. The van der Waals surface area contributed by atoms with E-state index in [0.29, 0.717) is 12.2 Å². The van der Waals surface area contributed by atoms with Crippen molar-refractivity contribution < 1.29 is 17.9 Å². The maximum Gasteiger partial charge on any atom is 0.242 e. The molecule has 0 fully saturated rings. The normalized spacial score (nSPS) is 12.0. The summed E-state index contributed by atoms with van der Waals surface area (Å²) in [6, 6.07) is 5.79. The zero-order valence-electron chi connectivity index (χ0n) is 11.2. The van der Waals surface area contributed by atoms with Gasteiger partial charge in [0.25, 0.3) is 0 Å². The Morgan fingerprint density at radius 1 is 1.26 bits per heavy atom. The number of nitrogens with zero attached hydrogens (tertiary/aromatic N) is 1. The van der Waals surface area contributed by atoms with E-state index in [1.165, 1.54) is 50.7 Å². The van der Waals surface area contributed by atoms with Gasteiger partial charge in [0.2, 0.25) is 10.0 Å². The number of ketones is 1. The summed E-state index contributed by atoms with van der Waals surface area (Å²) in [5.74, 6) is -0.234. The van der Waals surface area contributed by atoms with Crippen LogP contribution < -0.4 is 0 Å². The van der Waals surface area contributed by atoms with Gasteiger partial charge in [-0.15, -0.1) is 0 Å².